The molecule has 2 aromatic carbocycles. The van der Waals surface area contributed by atoms with Gasteiger partial charge in [0.05, 0.1) is 6.54 Å². The molecule has 0 aliphatic carbocycles. The summed E-state index contributed by atoms with van der Waals surface area (Å²) in [5.41, 5.74) is 3.10. The lowest BCUT2D eigenvalue weighted by Gasteiger charge is -2.12. The fourth-order valence-corrected chi connectivity index (χ4v) is 2.35. The van der Waals surface area contributed by atoms with Crippen LogP contribution < -0.4 is 16.0 Å². The van der Waals surface area contributed by atoms with E-state index in [-0.39, 0.29) is 35.7 Å². The predicted molar refractivity (Wildman–Crippen MR) is 118 cm³/mol. The lowest BCUT2D eigenvalue weighted by Crippen LogP contribution is -2.36. The normalized spacial score (nSPS) is 10.7. The summed E-state index contributed by atoms with van der Waals surface area (Å²) in [5.74, 6) is 0.334. The van der Waals surface area contributed by atoms with E-state index in [9.17, 15) is 9.18 Å². The second-order valence-corrected chi connectivity index (χ2v) is 5.91. The van der Waals surface area contributed by atoms with Crippen molar-refractivity contribution in [1.82, 2.24) is 16.0 Å². The number of guanidine groups is 1. The lowest BCUT2D eigenvalue weighted by molar-refractivity contribution is 0.0963. The van der Waals surface area contributed by atoms with Crippen molar-refractivity contribution in [3.05, 3.63) is 70.5 Å². The fourth-order valence-electron chi connectivity index (χ4n) is 2.35. The highest BCUT2D eigenvalue weighted by Crippen LogP contribution is 2.10. The third kappa shape index (κ3) is 7.16. The monoisotopic (exact) mass is 484 g/mol. The molecular weight excluding hydrogens is 458 g/mol. The van der Waals surface area contributed by atoms with E-state index < -0.39 is 0 Å². The molecule has 0 fully saturated rings. The first-order chi connectivity index (χ1) is 12.5. The number of amides is 1. The third-order valence-electron chi connectivity index (χ3n) is 3.90. The highest BCUT2D eigenvalue weighted by atomic mass is 127. The van der Waals surface area contributed by atoms with Gasteiger partial charge in [-0.3, -0.25) is 4.79 Å². The van der Waals surface area contributed by atoms with Crippen LogP contribution in [0.25, 0.3) is 0 Å². The van der Waals surface area contributed by atoms with Gasteiger partial charge in [0.2, 0.25) is 0 Å². The summed E-state index contributed by atoms with van der Waals surface area (Å²) in [5, 5.41) is 9.01. The van der Waals surface area contributed by atoms with Crippen molar-refractivity contribution in [2.24, 2.45) is 4.99 Å². The lowest BCUT2D eigenvalue weighted by atomic mass is 10.1. The summed E-state index contributed by atoms with van der Waals surface area (Å²) in [6.07, 6.45) is 0. The Morgan fingerprint density at radius 1 is 1.07 bits per heavy atom. The van der Waals surface area contributed by atoms with E-state index in [0.717, 1.165) is 17.7 Å². The highest BCUT2D eigenvalue weighted by molar-refractivity contribution is 14.0. The van der Waals surface area contributed by atoms with Crippen LogP contribution in [0.4, 0.5) is 4.39 Å². The summed E-state index contributed by atoms with van der Waals surface area (Å²) in [4.78, 5) is 16.1. The highest BCUT2D eigenvalue weighted by Gasteiger charge is 2.04. The van der Waals surface area contributed by atoms with Crippen LogP contribution in [0.2, 0.25) is 0 Å². The number of hydrogen-bond donors (Lipinski definition) is 3. The zero-order chi connectivity index (χ0) is 18.9. The predicted octanol–water partition coefficient (Wildman–Crippen LogP) is 3.37. The maximum atomic E-state index is 13.6. The molecule has 0 spiro atoms. The minimum Gasteiger partial charge on any atom is -0.357 e. The van der Waals surface area contributed by atoms with Gasteiger partial charge in [0, 0.05) is 25.7 Å². The molecule has 0 aromatic heterocycles. The van der Waals surface area contributed by atoms with Crippen molar-refractivity contribution in [2.75, 3.05) is 13.6 Å². The van der Waals surface area contributed by atoms with E-state index in [1.165, 1.54) is 6.07 Å². The first-order valence-electron chi connectivity index (χ1n) is 8.61. The van der Waals surface area contributed by atoms with Crippen molar-refractivity contribution in [3.8, 4) is 0 Å². The van der Waals surface area contributed by atoms with Gasteiger partial charge in [-0.1, -0.05) is 24.3 Å². The molecule has 2 aromatic rings. The second kappa shape index (κ2) is 11.5. The van der Waals surface area contributed by atoms with E-state index in [1.54, 1.807) is 32.2 Å². The molecule has 0 radical (unpaired) electrons. The zero-order valence-corrected chi connectivity index (χ0v) is 18.1. The van der Waals surface area contributed by atoms with Crippen molar-refractivity contribution in [2.45, 2.75) is 26.9 Å². The molecule has 5 nitrogen and oxygen atoms in total. The number of aliphatic imine (C=N–C) groups is 1. The fraction of sp³-hybridized carbons (Fsp3) is 0.300. The van der Waals surface area contributed by atoms with Crippen LogP contribution in [0, 0.1) is 12.7 Å². The molecule has 0 heterocycles. The van der Waals surface area contributed by atoms with Gasteiger partial charge >= 0.3 is 0 Å². The molecule has 0 unspecified atom stereocenters. The van der Waals surface area contributed by atoms with E-state index in [1.807, 2.05) is 25.1 Å². The van der Waals surface area contributed by atoms with Crippen molar-refractivity contribution >= 4 is 35.8 Å². The molecule has 2 rings (SSSR count). The number of halogens is 2. The maximum absolute atomic E-state index is 13.6. The Hall–Kier alpha value is -2.16. The molecule has 0 saturated heterocycles. The van der Waals surface area contributed by atoms with Crippen molar-refractivity contribution in [3.63, 3.8) is 0 Å². The van der Waals surface area contributed by atoms with Crippen LogP contribution >= 0.6 is 24.0 Å². The Morgan fingerprint density at radius 2 is 1.74 bits per heavy atom. The number of carbonyl (C=O) groups excluding carboxylic acids is 1. The Kier molecular flexibility index (Phi) is 9.77. The molecule has 27 heavy (non-hydrogen) atoms. The Labute approximate surface area is 176 Å². The van der Waals surface area contributed by atoms with Gasteiger partial charge in [-0.2, -0.15) is 0 Å². The van der Waals surface area contributed by atoms with Crippen LogP contribution in [0.15, 0.2) is 47.5 Å². The number of nitrogens with zero attached hydrogens (tertiary/aromatic N) is 1. The average Bonchev–Trinajstić information content (AvgIpc) is 2.66. The molecule has 0 aliphatic rings. The Morgan fingerprint density at radius 3 is 2.33 bits per heavy atom. The molecule has 3 N–H and O–H groups in total. The van der Waals surface area contributed by atoms with Crippen LogP contribution in [0.5, 0.6) is 0 Å². The summed E-state index contributed by atoms with van der Waals surface area (Å²) >= 11 is 0. The Balaban J connectivity index is 0.00000364. The van der Waals surface area contributed by atoms with Crippen LogP contribution in [0.3, 0.4) is 0 Å². The third-order valence-corrected chi connectivity index (χ3v) is 3.90. The molecule has 1 amide bonds. The second-order valence-electron chi connectivity index (χ2n) is 5.91. The van der Waals surface area contributed by atoms with E-state index >= 15 is 0 Å². The maximum Gasteiger partial charge on any atom is 0.251 e. The molecule has 0 aliphatic heterocycles. The van der Waals surface area contributed by atoms with Crippen molar-refractivity contribution < 1.29 is 9.18 Å². The average molecular weight is 484 g/mol. The number of carbonyl (C=O) groups is 1. The van der Waals surface area contributed by atoms with Crippen LogP contribution in [-0.4, -0.2) is 25.5 Å². The van der Waals surface area contributed by atoms with Gasteiger partial charge in [-0.05, 0) is 48.7 Å². The van der Waals surface area contributed by atoms with Gasteiger partial charge in [0.25, 0.3) is 5.91 Å². The summed E-state index contributed by atoms with van der Waals surface area (Å²) in [6, 6.07) is 12.5. The molecular formula is C20H26FIN4O. The van der Waals surface area contributed by atoms with Crippen LogP contribution in [0.1, 0.15) is 34.0 Å². The summed E-state index contributed by atoms with van der Waals surface area (Å²) in [6.45, 7) is 5.41. The summed E-state index contributed by atoms with van der Waals surface area (Å²) < 4.78 is 13.6. The molecule has 0 atom stereocenters. The van der Waals surface area contributed by atoms with Gasteiger partial charge in [0.1, 0.15) is 5.82 Å². The van der Waals surface area contributed by atoms with Gasteiger partial charge < -0.3 is 16.0 Å². The van der Waals surface area contributed by atoms with E-state index in [4.69, 9.17) is 0 Å². The van der Waals surface area contributed by atoms with Gasteiger partial charge in [-0.25, -0.2) is 9.38 Å². The number of benzene rings is 2. The standard InChI is InChI=1S/C20H25FN4O.HI/c1-4-23-20(25-13-16-6-5-14(2)18(21)11-16)24-12-15-7-9-17(10-8-15)19(26)22-3;/h5-11H,4,12-13H2,1-3H3,(H,22,26)(H2,23,24,25);1H. The van der Waals surface area contributed by atoms with E-state index in [0.29, 0.717) is 30.2 Å². The first-order valence-corrected chi connectivity index (χ1v) is 8.61. The Bertz CT molecular complexity index is 778. The minimum atomic E-state index is -0.216. The van der Waals surface area contributed by atoms with Gasteiger partial charge in [0.15, 0.2) is 5.96 Å². The van der Waals surface area contributed by atoms with Crippen molar-refractivity contribution in [1.29, 1.82) is 0 Å². The molecule has 0 bridgehead atoms. The number of aryl methyl sites for hydroxylation is 1. The molecule has 0 saturated carbocycles. The molecule has 7 heteroatoms. The van der Waals surface area contributed by atoms with E-state index in [2.05, 4.69) is 20.9 Å². The number of nitrogens with one attached hydrogen (secondary N) is 3. The SMILES string of the molecule is CCNC(=NCc1ccc(C)c(F)c1)NCc1ccc(C(=O)NC)cc1.I. The van der Waals surface area contributed by atoms with Crippen LogP contribution in [-0.2, 0) is 13.1 Å². The zero-order valence-electron chi connectivity index (χ0n) is 15.8. The summed E-state index contributed by atoms with van der Waals surface area (Å²) in [7, 11) is 1.61. The minimum absolute atomic E-state index is 0. The largest absolute Gasteiger partial charge is 0.357 e. The molecule has 146 valence electrons. The topological polar surface area (TPSA) is 65.5 Å². The first kappa shape index (κ1) is 22.9. The number of rotatable bonds is 6. The quantitative estimate of drug-likeness (QED) is 0.335. The smallest absolute Gasteiger partial charge is 0.251 e. The van der Waals surface area contributed by atoms with Gasteiger partial charge in [-0.15, -0.1) is 24.0 Å². The number of hydrogen-bond acceptors (Lipinski definition) is 2.